The maximum atomic E-state index is 2.69. The number of thiophene rings is 1. The van der Waals surface area contributed by atoms with Gasteiger partial charge >= 0.3 is 0 Å². The van der Waals surface area contributed by atoms with E-state index < -0.39 is 0 Å². The van der Waals surface area contributed by atoms with Crippen molar-refractivity contribution in [2.75, 3.05) is 9.80 Å². The zero-order valence-corrected chi connectivity index (χ0v) is 47.7. The number of hydrogen-bond acceptors (Lipinski definition) is 3. The first-order chi connectivity index (χ1) is 35.4. The quantitative estimate of drug-likeness (QED) is 0.159. The molecule has 75 heavy (non-hydrogen) atoms. The summed E-state index contributed by atoms with van der Waals surface area (Å²) in [5.74, 6) is 0. The summed E-state index contributed by atoms with van der Waals surface area (Å²) in [5, 5.41) is 2.67. The van der Waals surface area contributed by atoms with Crippen molar-refractivity contribution < 1.29 is 0 Å². The Morgan fingerprint density at radius 1 is 0.387 bits per heavy atom. The lowest BCUT2D eigenvalue weighted by Crippen LogP contribution is -2.60. The predicted molar refractivity (Wildman–Crippen MR) is 329 cm³/mol. The van der Waals surface area contributed by atoms with Gasteiger partial charge in [0, 0.05) is 55.2 Å². The van der Waals surface area contributed by atoms with Crippen LogP contribution in [0.3, 0.4) is 0 Å². The maximum absolute atomic E-state index is 2.69. The SMILES string of the molecule is CC(C)(C)c1ccc(N(c2ccc(C(C)(C)C)cc2)c2ccc3c(c2)N(c2ccc(C(C)(C)C)cc2-c2ccccc2)c2cc(C(C)(C)C)cc4c2B3c2cc(C(C)(C)C)cc3c5sc6ccccc6c5n-4c23)cc1. The number of rotatable bonds is 5. The minimum absolute atomic E-state index is 0.0268. The molecular formula is C70H72BN3S. The Kier molecular flexibility index (Phi) is 11.0. The van der Waals surface area contributed by atoms with Crippen LogP contribution in [0.1, 0.15) is 132 Å². The summed E-state index contributed by atoms with van der Waals surface area (Å²) in [6.07, 6.45) is 0. The molecule has 0 bridgehead atoms. The molecular weight excluding hydrogens is 926 g/mol. The highest BCUT2D eigenvalue weighted by Gasteiger charge is 2.45. The lowest BCUT2D eigenvalue weighted by Gasteiger charge is -2.43. The summed E-state index contributed by atoms with van der Waals surface area (Å²) in [4.78, 5) is 5.15. The molecule has 4 heterocycles. The molecule has 5 heteroatoms. The van der Waals surface area contributed by atoms with Gasteiger partial charge in [0.15, 0.2) is 0 Å². The van der Waals surface area contributed by atoms with Crippen LogP contribution in [0, 0.1) is 0 Å². The molecule has 376 valence electrons. The van der Waals surface area contributed by atoms with Crippen molar-refractivity contribution >= 4 is 99.8 Å². The van der Waals surface area contributed by atoms with Crippen LogP contribution in [-0.4, -0.2) is 11.3 Å². The summed E-state index contributed by atoms with van der Waals surface area (Å²) in [6, 6.07) is 63.7. The first-order valence-electron chi connectivity index (χ1n) is 27.2. The van der Waals surface area contributed by atoms with Gasteiger partial charge in [-0.05, 0) is 150 Å². The number of nitrogens with zero attached hydrogens (tertiary/aromatic N) is 3. The van der Waals surface area contributed by atoms with Crippen molar-refractivity contribution in [3.8, 4) is 16.8 Å². The Hall–Kier alpha value is -6.82. The van der Waals surface area contributed by atoms with Gasteiger partial charge in [0.25, 0.3) is 6.71 Å². The number of aromatic nitrogens is 1. The molecule has 10 aromatic rings. The van der Waals surface area contributed by atoms with Gasteiger partial charge in [0.2, 0.25) is 0 Å². The Bertz CT molecular complexity index is 3840. The van der Waals surface area contributed by atoms with Crippen molar-refractivity contribution in [1.82, 2.24) is 4.57 Å². The van der Waals surface area contributed by atoms with Crippen LogP contribution in [0.2, 0.25) is 0 Å². The second-order valence-electron chi connectivity index (χ2n) is 26.8. The van der Waals surface area contributed by atoms with Crippen LogP contribution < -0.4 is 26.2 Å². The largest absolute Gasteiger partial charge is 0.311 e. The van der Waals surface area contributed by atoms with Crippen molar-refractivity contribution in [3.05, 3.63) is 192 Å². The summed E-state index contributed by atoms with van der Waals surface area (Å²) in [7, 11) is 0. The third kappa shape index (κ3) is 8.06. The van der Waals surface area contributed by atoms with Crippen LogP contribution in [0.25, 0.3) is 48.0 Å². The first kappa shape index (κ1) is 49.1. The van der Waals surface area contributed by atoms with E-state index in [9.17, 15) is 0 Å². The first-order valence-corrected chi connectivity index (χ1v) is 28.0. The van der Waals surface area contributed by atoms with E-state index in [1.165, 1.54) is 109 Å². The molecule has 8 aromatic carbocycles. The molecule has 0 aliphatic carbocycles. The average molecular weight is 998 g/mol. The number of hydrogen-bond donors (Lipinski definition) is 0. The number of benzene rings is 8. The lowest BCUT2D eigenvalue weighted by molar-refractivity contribution is 0.589. The van der Waals surface area contributed by atoms with E-state index in [0.29, 0.717) is 0 Å². The Morgan fingerprint density at radius 3 is 1.52 bits per heavy atom. The molecule has 0 unspecified atom stereocenters. The monoisotopic (exact) mass is 998 g/mol. The Morgan fingerprint density at radius 2 is 0.920 bits per heavy atom. The molecule has 0 saturated heterocycles. The molecule has 0 N–H and O–H groups in total. The topological polar surface area (TPSA) is 11.4 Å². The molecule has 0 spiro atoms. The van der Waals surface area contributed by atoms with E-state index in [-0.39, 0.29) is 33.8 Å². The molecule has 0 saturated carbocycles. The van der Waals surface area contributed by atoms with Gasteiger partial charge in [0.1, 0.15) is 0 Å². The molecule has 2 aliphatic rings. The van der Waals surface area contributed by atoms with Gasteiger partial charge < -0.3 is 14.4 Å². The second kappa shape index (κ2) is 16.8. The van der Waals surface area contributed by atoms with Crippen LogP contribution >= 0.6 is 11.3 Å². The third-order valence-electron chi connectivity index (χ3n) is 16.3. The molecule has 3 nitrogen and oxygen atoms in total. The predicted octanol–water partition coefficient (Wildman–Crippen LogP) is 18.2. The smallest absolute Gasteiger partial charge is 0.252 e. The zero-order valence-electron chi connectivity index (χ0n) is 46.9. The van der Waals surface area contributed by atoms with E-state index in [1.807, 2.05) is 11.3 Å². The fourth-order valence-electron chi connectivity index (χ4n) is 11.9. The molecule has 12 rings (SSSR count). The van der Waals surface area contributed by atoms with Crippen LogP contribution in [0.5, 0.6) is 0 Å². The van der Waals surface area contributed by atoms with Crippen LogP contribution in [0.4, 0.5) is 34.1 Å². The van der Waals surface area contributed by atoms with E-state index in [4.69, 9.17) is 0 Å². The van der Waals surface area contributed by atoms with Gasteiger partial charge in [0.05, 0.1) is 21.4 Å². The highest BCUT2D eigenvalue weighted by Crippen LogP contribution is 2.51. The summed E-state index contributed by atoms with van der Waals surface area (Å²) in [6.45, 7) is 35.0. The van der Waals surface area contributed by atoms with Gasteiger partial charge in [-0.2, -0.15) is 0 Å². The van der Waals surface area contributed by atoms with Gasteiger partial charge in [-0.15, -0.1) is 11.3 Å². The maximum Gasteiger partial charge on any atom is 0.252 e. The standard InChI is InChI=1S/C70H72BN3S/c1-66(2,3)44-25-30-49(31-26-44)72(50-32-27-45(28-33-50)67(4,5)6)51-34-35-55-58(42-51)73(57-36-29-46(68(7,8)9)37-53(57)43-21-17-16-18-22-43)59-40-48(70(13,14)15)41-60-62(59)71(55)56-39-47(69(10,11)12)38-54-63(56)74(60)64-52-23-19-20-24-61(52)75-65(54)64/h16-42H,1-15H3. The van der Waals surface area contributed by atoms with Crippen molar-refractivity contribution in [3.63, 3.8) is 0 Å². The van der Waals surface area contributed by atoms with E-state index in [2.05, 4.69) is 282 Å². The van der Waals surface area contributed by atoms with Crippen molar-refractivity contribution in [2.24, 2.45) is 0 Å². The molecule has 2 aliphatic heterocycles. The summed E-state index contributed by atoms with van der Waals surface area (Å²) >= 11 is 1.95. The lowest BCUT2D eigenvalue weighted by atomic mass is 9.33. The van der Waals surface area contributed by atoms with Gasteiger partial charge in [-0.1, -0.05) is 195 Å². The third-order valence-corrected chi connectivity index (χ3v) is 17.5. The summed E-state index contributed by atoms with van der Waals surface area (Å²) < 4.78 is 5.39. The minimum Gasteiger partial charge on any atom is -0.311 e. The zero-order chi connectivity index (χ0) is 52.9. The fraction of sp³-hybridized carbons (Fsp3) is 0.286. The van der Waals surface area contributed by atoms with Crippen molar-refractivity contribution in [1.29, 1.82) is 0 Å². The van der Waals surface area contributed by atoms with Crippen LogP contribution in [0.15, 0.2) is 164 Å². The molecule has 0 amide bonds. The fourth-order valence-corrected chi connectivity index (χ4v) is 13.1. The second-order valence-corrected chi connectivity index (χ2v) is 27.8. The normalized spacial score (nSPS) is 13.7. The van der Waals surface area contributed by atoms with Gasteiger partial charge in [-0.3, -0.25) is 0 Å². The average Bonchev–Trinajstić information content (AvgIpc) is 3.89. The van der Waals surface area contributed by atoms with Gasteiger partial charge in [-0.25, -0.2) is 0 Å². The molecule has 2 aromatic heterocycles. The van der Waals surface area contributed by atoms with Crippen molar-refractivity contribution in [2.45, 2.75) is 131 Å². The van der Waals surface area contributed by atoms with E-state index in [1.54, 1.807) is 0 Å². The van der Waals surface area contributed by atoms with E-state index >= 15 is 0 Å². The van der Waals surface area contributed by atoms with Crippen LogP contribution in [-0.2, 0) is 27.1 Å². The Labute approximate surface area is 451 Å². The van der Waals surface area contributed by atoms with E-state index in [0.717, 1.165) is 17.1 Å². The molecule has 0 atom stereocenters. The highest BCUT2D eigenvalue weighted by molar-refractivity contribution is 7.26. The number of anilines is 6. The highest BCUT2D eigenvalue weighted by atomic mass is 32.1. The number of fused-ring (bicyclic) bond motifs is 9. The summed E-state index contributed by atoms with van der Waals surface area (Å²) in [5.41, 5.74) is 23.8. The minimum atomic E-state index is -0.152. The molecule has 0 radical (unpaired) electrons. The molecule has 0 fully saturated rings. The Balaban J connectivity index is 1.23.